The number of nitrogens with two attached hydrogens (primary N) is 1. The average molecular weight is 360 g/mol. The number of aromatic nitrogens is 3. The van der Waals surface area contributed by atoms with E-state index in [2.05, 4.69) is 15.6 Å². The summed E-state index contributed by atoms with van der Waals surface area (Å²) in [5.41, 5.74) is 6.52. The molecule has 2 aromatic carbocycles. The molecule has 0 unspecified atom stereocenters. The van der Waals surface area contributed by atoms with Gasteiger partial charge < -0.3 is 15.8 Å². The van der Waals surface area contributed by atoms with Crippen LogP contribution in [-0.2, 0) is 4.79 Å². The number of benzene rings is 2. The average Bonchev–Trinajstić information content (AvgIpc) is 2.53. The fraction of sp³-hybridized carbons (Fsp3) is 0.0625. The van der Waals surface area contributed by atoms with E-state index >= 15 is 0 Å². The molecule has 0 spiro atoms. The molecular formula is C16H14ClN5O3. The second-order valence-corrected chi connectivity index (χ2v) is 5.54. The van der Waals surface area contributed by atoms with Crippen LogP contribution in [0.3, 0.4) is 0 Å². The number of halogens is 1. The van der Waals surface area contributed by atoms with Gasteiger partial charge in [0.25, 0.3) is 11.8 Å². The molecule has 0 saturated carbocycles. The van der Waals surface area contributed by atoms with Gasteiger partial charge in [0.05, 0.1) is 16.9 Å². The number of primary amides is 1. The number of carbonyl (C=O) groups excluding carboxylic acids is 2. The SMILES string of the molecule is NC(=O)c1cc(Cl)ccc1NC(=O)COc1cccc(-n2cn[nH]2)c1. The van der Waals surface area contributed by atoms with E-state index in [1.165, 1.54) is 12.1 Å². The van der Waals surface area contributed by atoms with Gasteiger partial charge in [-0.3, -0.25) is 9.59 Å². The summed E-state index contributed by atoms with van der Waals surface area (Å²) in [5, 5.41) is 9.41. The maximum Gasteiger partial charge on any atom is 0.262 e. The number of aromatic amines is 1. The van der Waals surface area contributed by atoms with Crippen LogP contribution in [0.4, 0.5) is 5.69 Å². The van der Waals surface area contributed by atoms with E-state index in [1.54, 1.807) is 35.3 Å². The number of amides is 2. The molecule has 3 rings (SSSR count). The standard InChI is InChI=1S/C16H14ClN5O3/c17-10-4-5-14(13(6-10)16(18)24)20-15(23)8-25-12-3-1-2-11(7-12)22-9-19-21-22/h1-7,9,21H,8H2,(H2,18,24)(H,20,23). The minimum Gasteiger partial charge on any atom is -0.484 e. The van der Waals surface area contributed by atoms with Crippen LogP contribution in [0.25, 0.3) is 5.69 Å². The van der Waals surface area contributed by atoms with E-state index in [9.17, 15) is 9.59 Å². The highest BCUT2D eigenvalue weighted by atomic mass is 35.5. The number of nitrogens with zero attached hydrogens (tertiary/aromatic N) is 2. The zero-order valence-electron chi connectivity index (χ0n) is 12.9. The second-order valence-electron chi connectivity index (χ2n) is 5.10. The van der Waals surface area contributed by atoms with Crippen LogP contribution in [-0.4, -0.2) is 33.4 Å². The molecule has 0 aliphatic heterocycles. The molecule has 8 nitrogen and oxygen atoms in total. The third kappa shape index (κ3) is 3.99. The molecule has 0 aliphatic carbocycles. The number of hydrogen-bond donors (Lipinski definition) is 3. The van der Waals surface area contributed by atoms with Gasteiger partial charge in [0.1, 0.15) is 12.1 Å². The van der Waals surface area contributed by atoms with Crippen molar-refractivity contribution >= 4 is 29.1 Å². The highest BCUT2D eigenvalue weighted by Gasteiger charge is 2.12. The van der Waals surface area contributed by atoms with Crippen molar-refractivity contribution in [2.24, 2.45) is 5.73 Å². The third-order valence-corrected chi connectivity index (χ3v) is 3.56. The van der Waals surface area contributed by atoms with E-state index in [-0.39, 0.29) is 17.9 Å². The van der Waals surface area contributed by atoms with E-state index in [0.717, 1.165) is 5.69 Å². The molecule has 0 aliphatic rings. The second kappa shape index (κ2) is 7.10. The van der Waals surface area contributed by atoms with Gasteiger partial charge in [0.15, 0.2) is 6.61 Å². The lowest BCUT2D eigenvalue weighted by molar-refractivity contribution is -0.118. The van der Waals surface area contributed by atoms with E-state index in [4.69, 9.17) is 22.1 Å². The smallest absolute Gasteiger partial charge is 0.262 e. The van der Waals surface area contributed by atoms with Gasteiger partial charge in [-0.05, 0) is 30.3 Å². The van der Waals surface area contributed by atoms with Gasteiger partial charge in [-0.1, -0.05) is 17.7 Å². The summed E-state index contributed by atoms with van der Waals surface area (Å²) < 4.78 is 7.16. The third-order valence-electron chi connectivity index (χ3n) is 3.33. The Balaban J connectivity index is 1.64. The van der Waals surface area contributed by atoms with Gasteiger partial charge in [-0.2, -0.15) is 0 Å². The summed E-state index contributed by atoms with van der Waals surface area (Å²) in [6, 6.07) is 11.6. The molecule has 0 bridgehead atoms. The Hall–Kier alpha value is -3.26. The van der Waals surface area contributed by atoms with Crippen molar-refractivity contribution in [3.63, 3.8) is 0 Å². The lowest BCUT2D eigenvalue weighted by atomic mass is 10.1. The van der Waals surface area contributed by atoms with Gasteiger partial charge in [-0.15, -0.1) is 5.10 Å². The van der Waals surface area contributed by atoms with E-state index < -0.39 is 11.8 Å². The molecule has 1 aromatic heterocycles. The molecule has 1 heterocycles. The summed E-state index contributed by atoms with van der Waals surface area (Å²) >= 11 is 5.83. The summed E-state index contributed by atoms with van der Waals surface area (Å²) in [5.74, 6) is -0.602. The minimum absolute atomic E-state index is 0.131. The molecule has 0 saturated heterocycles. The van der Waals surface area contributed by atoms with Crippen LogP contribution >= 0.6 is 11.6 Å². The molecule has 0 atom stereocenters. The number of hydrogen-bond acceptors (Lipinski definition) is 4. The topological polar surface area (TPSA) is 115 Å². The molecule has 25 heavy (non-hydrogen) atoms. The number of rotatable bonds is 6. The monoisotopic (exact) mass is 359 g/mol. The van der Waals surface area contributed by atoms with Crippen LogP contribution in [0.2, 0.25) is 5.02 Å². The Morgan fingerprint density at radius 1 is 1.28 bits per heavy atom. The number of nitrogens with one attached hydrogen (secondary N) is 2. The molecule has 3 aromatic rings. The number of H-pyrrole nitrogens is 1. The number of ether oxygens (including phenoxy) is 1. The van der Waals surface area contributed by atoms with Crippen LogP contribution in [0.5, 0.6) is 5.75 Å². The first-order chi connectivity index (χ1) is 12.0. The largest absolute Gasteiger partial charge is 0.484 e. The first-order valence-electron chi connectivity index (χ1n) is 7.23. The number of anilines is 1. The lowest BCUT2D eigenvalue weighted by Gasteiger charge is -2.12. The van der Waals surface area contributed by atoms with Gasteiger partial charge in [-0.25, -0.2) is 9.90 Å². The molecule has 0 fully saturated rings. The van der Waals surface area contributed by atoms with Gasteiger partial charge in [0, 0.05) is 11.1 Å². The highest BCUT2D eigenvalue weighted by molar-refractivity contribution is 6.31. The van der Waals surface area contributed by atoms with Crippen LogP contribution in [0.15, 0.2) is 48.8 Å². The van der Waals surface area contributed by atoms with Crippen molar-refractivity contribution in [1.82, 2.24) is 15.0 Å². The summed E-state index contributed by atoms with van der Waals surface area (Å²) in [4.78, 5) is 23.5. The quantitative estimate of drug-likeness (QED) is 0.624. The predicted octanol–water partition coefficient (Wildman–Crippen LogP) is 1.97. The molecule has 9 heteroatoms. The van der Waals surface area contributed by atoms with Crippen LogP contribution in [0, 0.1) is 0 Å². The zero-order chi connectivity index (χ0) is 17.8. The Kier molecular flexibility index (Phi) is 4.71. The van der Waals surface area contributed by atoms with Crippen molar-refractivity contribution < 1.29 is 14.3 Å². The Morgan fingerprint density at radius 2 is 2.08 bits per heavy atom. The molecular weight excluding hydrogens is 346 g/mol. The van der Waals surface area contributed by atoms with Crippen LogP contribution < -0.4 is 15.8 Å². The van der Waals surface area contributed by atoms with Gasteiger partial charge >= 0.3 is 0 Å². The fourth-order valence-corrected chi connectivity index (χ4v) is 2.30. The zero-order valence-corrected chi connectivity index (χ0v) is 13.7. The highest BCUT2D eigenvalue weighted by Crippen LogP contribution is 2.20. The molecule has 0 radical (unpaired) electrons. The van der Waals surface area contributed by atoms with Crippen molar-refractivity contribution in [3.8, 4) is 11.4 Å². The summed E-state index contributed by atoms with van der Waals surface area (Å²) in [6.45, 7) is -0.230. The normalized spacial score (nSPS) is 10.4. The first-order valence-corrected chi connectivity index (χ1v) is 7.61. The maximum atomic E-state index is 12.1. The Labute approximate surface area is 147 Å². The molecule has 4 N–H and O–H groups in total. The summed E-state index contributed by atoms with van der Waals surface area (Å²) in [6.07, 6.45) is 1.61. The van der Waals surface area contributed by atoms with Gasteiger partial charge in [0.2, 0.25) is 0 Å². The Morgan fingerprint density at radius 3 is 2.76 bits per heavy atom. The van der Waals surface area contributed by atoms with Crippen LogP contribution in [0.1, 0.15) is 10.4 Å². The predicted molar refractivity (Wildman–Crippen MR) is 92.0 cm³/mol. The number of carbonyl (C=O) groups is 2. The van der Waals surface area contributed by atoms with E-state index in [1.807, 2.05) is 6.07 Å². The van der Waals surface area contributed by atoms with E-state index in [0.29, 0.717) is 10.8 Å². The Bertz CT molecular complexity index is 909. The summed E-state index contributed by atoms with van der Waals surface area (Å²) in [7, 11) is 0. The minimum atomic E-state index is -0.685. The first kappa shape index (κ1) is 16.6. The lowest BCUT2D eigenvalue weighted by Crippen LogP contribution is -2.23. The fourth-order valence-electron chi connectivity index (χ4n) is 2.13. The molecule has 128 valence electrons. The maximum absolute atomic E-state index is 12.1. The van der Waals surface area contributed by atoms with Crippen molar-refractivity contribution in [2.75, 3.05) is 11.9 Å². The van der Waals surface area contributed by atoms with Crippen molar-refractivity contribution in [1.29, 1.82) is 0 Å². The molecule has 2 amide bonds. The van der Waals surface area contributed by atoms with Crippen molar-refractivity contribution in [2.45, 2.75) is 0 Å². The van der Waals surface area contributed by atoms with Crippen molar-refractivity contribution in [3.05, 3.63) is 59.4 Å².